The molecule has 2 aromatic rings. The Kier molecular flexibility index (Phi) is 5.49. The third-order valence-corrected chi connectivity index (χ3v) is 5.02. The zero-order valence-electron chi connectivity index (χ0n) is 16.3. The van der Waals surface area contributed by atoms with E-state index in [9.17, 15) is 9.59 Å². The summed E-state index contributed by atoms with van der Waals surface area (Å²) in [5.41, 5.74) is 2.79. The van der Waals surface area contributed by atoms with Gasteiger partial charge >= 0.3 is 0 Å². The Morgan fingerprint density at radius 1 is 1.22 bits per heavy atom. The van der Waals surface area contributed by atoms with Crippen molar-refractivity contribution < 1.29 is 14.0 Å². The van der Waals surface area contributed by atoms with Crippen molar-refractivity contribution in [1.82, 2.24) is 4.90 Å². The number of carbonyl (C=O) groups excluding carboxylic acids is 2. The van der Waals surface area contributed by atoms with Crippen LogP contribution < -0.4 is 5.32 Å². The first kappa shape index (κ1) is 19.0. The first-order valence-electron chi connectivity index (χ1n) is 9.24. The van der Waals surface area contributed by atoms with Crippen molar-refractivity contribution >= 4 is 23.6 Å². The van der Waals surface area contributed by atoms with Crippen molar-refractivity contribution in [2.45, 2.75) is 33.1 Å². The Morgan fingerprint density at radius 2 is 1.89 bits per heavy atom. The smallest absolute Gasteiger partial charge is 0.246 e. The number of anilines is 1. The maximum absolute atomic E-state index is 12.3. The second kappa shape index (κ2) is 7.82. The van der Waals surface area contributed by atoms with Crippen molar-refractivity contribution in [2.75, 3.05) is 18.9 Å². The predicted molar refractivity (Wildman–Crippen MR) is 106 cm³/mol. The molecule has 1 aliphatic rings. The van der Waals surface area contributed by atoms with E-state index >= 15 is 0 Å². The van der Waals surface area contributed by atoms with Gasteiger partial charge in [-0.2, -0.15) is 0 Å². The van der Waals surface area contributed by atoms with Crippen molar-refractivity contribution in [1.29, 1.82) is 0 Å². The molecule has 2 unspecified atom stereocenters. The Labute approximate surface area is 160 Å². The standard InChI is InChI=1S/C22H26N2O3/c1-14-6-5-7-15(2)22(14)23-20(25)13-24(4)21(26)11-9-17-8-10-19(27-17)18-12-16(18)3/h5-11,16,18H,12-13H2,1-4H3,(H,23,25)/b11-9+. The van der Waals surface area contributed by atoms with Gasteiger partial charge in [-0.15, -0.1) is 0 Å². The highest BCUT2D eigenvalue weighted by Gasteiger charge is 2.36. The molecule has 1 aromatic heterocycles. The van der Waals surface area contributed by atoms with Crippen LogP contribution in [0, 0.1) is 19.8 Å². The molecule has 0 spiro atoms. The monoisotopic (exact) mass is 366 g/mol. The second-order valence-electron chi connectivity index (χ2n) is 7.40. The molecule has 3 rings (SSSR count). The van der Waals surface area contributed by atoms with Gasteiger partial charge in [0.05, 0.1) is 6.54 Å². The average molecular weight is 366 g/mol. The number of para-hydroxylation sites is 1. The molecule has 1 aliphatic carbocycles. The molecule has 0 bridgehead atoms. The van der Waals surface area contributed by atoms with Gasteiger partial charge in [0.15, 0.2) is 0 Å². The first-order valence-corrected chi connectivity index (χ1v) is 9.24. The number of hydrogen-bond acceptors (Lipinski definition) is 3. The molecule has 1 saturated carbocycles. The number of nitrogens with zero attached hydrogens (tertiary/aromatic N) is 1. The molecule has 5 heteroatoms. The summed E-state index contributed by atoms with van der Waals surface area (Å²) in [6.45, 7) is 6.07. The van der Waals surface area contributed by atoms with E-state index in [1.165, 1.54) is 11.0 Å². The summed E-state index contributed by atoms with van der Waals surface area (Å²) >= 11 is 0. The summed E-state index contributed by atoms with van der Waals surface area (Å²) in [4.78, 5) is 25.9. The number of furan rings is 1. The minimum Gasteiger partial charge on any atom is -0.461 e. The molecule has 1 aromatic carbocycles. The molecule has 5 nitrogen and oxygen atoms in total. The lowest BCUT2D eigenvalue weighted by Gasteiger charge is -2.16. The van der Waals surface area contributed by atoms with E-state index in [4.69, 9.17) is 4.42 Å². The highest BCUT2D eigenvalue weighted by molar-refractivity contribution is 5.98. The van der Waals surface area contributed by atoms with E-state index in [2.05, 4.69) is 12.2 Å². The van der Waals surface area contributed by atoms with Crippen LogP contribution in [0.1, 0.15) is 41.9 Å². The maximum atomic E-state index is 12.3. The van der Waals surface area contributed by atoms with Crippen molar-refractivity contribution in [3.63, 3.8) is 0 Å². The molecule has 27 heavy (non-hydrogen) atoms. The van der Waals surface area contributed by atoms with Crippen LogP contribution >= 0.6 is 0 Å². The van der Waals surface area contributed by atoms with Crippen LogP contribution in [0.4, 0.5) is 5.69 Å². The summed E-state index contributed by atoms with van der Waals surface area (Å²) in [7, 11) is 1.61. The minimum absolute atomic E-state index is 0.0139. The van der Waals surface area contributed by atoms with Gasteiger partial charge in [0, 0.05) is 24.7 Å². The van der Waals surface area contributed by atoms with Crippen molar-refractivity contribution in [3.05, 3.63) is 59.1 Å². The number of aryl methyl sites for hydroxylation is 2. The molecule has 0 radical (unpaired) electrons. The first-order chi connectivity index (χ1) is 12.8. The quantitative estimate of drug-likeness (QED) is 0.782. The van der Waals surface area contributed by atoms with Crippen LogP contribution in [0.25, 0.3) is 6.08 Å². The zero-order valence-corrected chi connectivity index (χ0v) is 16.3. The van der Waals surface area contributed by atoms with Crippen LogP contribution in [0.3, 0.4) is 0 Å². The normalized spacial score (nSPS) is 18.5. The van der Waals surface area contributed by atoms with Crippen molar-refractivity contribution in [2.24, 2.45) is 5.92 Å². The Morgan fingerprint density at radius 3 is 2.52 bits per heavy atom. The Hall–Kier alpha value is -2.82. The van der Waals surface area contributed by atoms with Crippen molar-refractivity contribution in [3.8, 4) is 0 Å². The third kappa shape index (κ3) is 4.67. The molecule has 1 heterocycles. The van der Waals surface area contributed by atoms with E-state index in [1.807, 2.05) is 44.2 Å². The van der Waals surface area contributed by atoms with Gasteiger partial charge in [0.2, 0.25) is 11.8 Å². The number of nitrogens with one attached hydrogen (secondary N) is 1. The summed E-state index contributed by atoms with van der Waals surface area (Å²) in [5.74, 6) is 2.36. The van der Waals surface area contributed by atoms with Gasteiger partial charge in [-0.25, -0.2) is 0 Å². The van der Waals surface area contributed by atoms with Crippen LogP contribution in [0.2, 0.25) is 0 Å². The van der Waals surface area contributed by atoms with Gasteiger partial charge < -0.3 is 14.6 Å². The fourth-order valence-corrected chi connectivity index (χ4v) is 3.14. The van der Waals surface area contributed by atoms with Crippen LogP contribution in [0.15, 0.2) is 40.8 Å². The SMILES string of the molecule is Cc1cccc(C)c1NC(=O)CN(C)C(=O)/C=C/c1ccc(C2CC2C)o1. The third-order valence-electron chi connectivity index (χ3n) is 5.02. The minimum atomic E-state index is -0.246. The number of rotatable bonds is 6. The van der Waals surface area contributed by atoms with Gasteiger partial charge in [0.1, 0.15) is 11.5 Å². The Bertz CT molecular complexity index is 861. The Balaban J connectivity index is 1.54. The molecule has 1 N–H and O–H groups in total. The summed E-state index contributed by atoms with van der Waals surface area (Å²) in [6, 6.07) is 9.68. The number of carbonyl (C=O) groups is 2. The summed E-state index contributed by atoms with van der Waals surface area (Å²) in [5, 5.41) is 2.89. The van der Waals surface area contributed by atoms with Crippen LogP contribution in [-0.4, -0.2) is 30.3 Å². The molecule has 2 amide bonds. The largest absolute Gasteiger partial charge is 0.461 e. The molecule has 0 aliphatic heterocycles. The van der Waals surface area contributed by atoms with Crippen LogP contribution in [0.5, 0.6) is 0 Å². The molecule has 1 fully saturated rings. The highest BCUT2D eigenvalue weighted by Crippen LogP contribution is 2.47. The lowest BCUT2D eigenvalue weighted by molar-refractivity contribution is -0.129. The number of hydrogen-bond donors (Lipinski definition) is 1. The van der Waals surface area contributed by atoms with E-state index in [0.717, 1.165) is 29.0 Å². The number of amides is 2. The lowest BCUT2D eigenvalue weighted by Crippen LogP contribution is -2.34. The maximum Gasteiger partial charge on any atom is 0.246 e. The summed E-state index contributed by atoms with van der Waals surface area (Å²) in [6.07, 6.45) is 4.25. The summed E-state index contributed by atoms with van der Waals surface area (Å²) < 4.78 is 5.76. The molecular formula is C22H26N2O3. The van der Waals surface area contributed by atoms with Gasteiger partial charge in [-0.05, 0) is 55.5 Å². The predicted octanol–water partition coefficient (Wildman–Crippen LogP) is 4.13. The second-order valence-corrected chi connectivity index (χ2v) is 7.40. The topological polar surface area (TPSA) is 62.6 Å². The molecule has 0 saturated heterocycles. The number of likely N-dealkylation sites (N-methyl/N-ethyl adjacent to an activating group) is 1. The molecule has 2 atom stereocenters. The van der Waals surface area contributed by atoms with E-state index in [1.54, 1.807) is 13.1 Å². The highest BCUT2D eigenvalue weighted by atomic mass is 16.3. The number of benzene rings is 1. The van der Waals surface area contributed by atoms with E-state index in [0.29, 0.717) is 17.6 Å². The van der Waals surface area contributed by atoms with Crippen LogP contribution in [-0.2, 0) is 9.59 Å². The average Bonchev–Trinajstić information content (AvgIpc) is 3.16. The van der Waals surface area contributed by atoms with Gasteiger partial charge in [-0.3, -0.25) is 9.59 Å². The molecular weight excluding hydrogens is 340 g/mol. The van der Waals surface area contributed by atoms with Gasteiger partial charge in [0.25, 0.3) is 0 Å². The zero-order chi connectivity index (χ0) is 19.6. The van der Waals surface area contributed by atoms with E-state index < -0.39 is 0 Å². The van der Waals surface area contributed by atoms with Gasteiger partial charge in [-0.1, -0.05) is 25.1 Å². The molecule has 142 valence electrons. The lowest BCUT2D eigenvalue weighted by atomic mass is 10.1. The fraction of sp³-hybridized carbons (Fsp3) is 0.364. The fourth-order valence-electron chi connectivity index (χ4n) is 3.14. The van der Waals surface area contributed by atoms with E-state index in [-0.39, 0.29) is 18.4 Å².